The lowest BCUT2D eigenvalue weighted by atomic mass is 9.99. The lowest BCUT2D eigenvalue weighted by Crippen LogP contribution is -2.57. The van der Waals surface area contributed by atoms with Crippen molar-refractivity contribution >= 4 is 29.4 Å². The number of aryl methyl sites for hydroxylation is 1. The van der Waals surface area contributed by atoms with Gasteiger partial charge in [0.1, 0.15) is 17.6 Å². The van der Waals surface area contributed by atoms with E-state index in [1.54, 1.807) is 11.0 Å². The molecule has 3 heterocycles. The molecule has 2 unspecified atom stereocenters. The molecule has 1 aliphatic heterocycles. The monoisotopic (exact) mass is 518 g/mol. The molecule has 0 spiro atoms. The number of anilines is 3. The predicted octanol–water partition coefficient (Wildman–Crippen LogP) is 0.910. The fraction of sp³-hybridized carbons (Fsp3) is 0.429. The molecule has 1 saturated heterocycles. The van der Waals surface area contributed by atoms with E-state index in [2.05, 4.69) is 10.3 Å². The van der Waals surface area contributed by atoms with E-state index >= 15 is 0 Å². The molecule has 1 fully saturated rings. The third kappa shape index (κ3) is 5.90. The molecule has 196 valence electrons. The van der Waals surface area contributed by atoms with Gasteiger partial charge in [0.2, 0.25) is 0 Å². The van der Waals surface area contributed by atoms with E-state index in [0.717, 1.165) is 11.9 Å². The first-order valence-corrected chi connectivity index (χ1v) is 10.6. The minimum atomic E-state index is -4.75. The normalized spacial score (nSPS) is 18.3. The number of halogens is 5. The molecule has 2 aromatic rings. The van der Waals surface area contributed by atoms with E-state index in [9.17, 15) is 31.5 Å². The highest BCUT2D eigenvalue weighted by atomic mass is 19.4. The lowest BCUT2D eigenvalue weighted by molar-refractivity contribution is -0.176. The second kappa shape index (κ2) is 10.5. The highest BCUT2D eigenvalue weighted by Crippen LogP contribution is 2.30. The van der Waals surface area contributed by atoms with Crippen molar-refractivity contribution in [3.05, 3.63) is 46.0 Å². The highest BCUT2D eigenvalue weighted by Gasteiger charge is 2.37. The lowest BCUT2D eigenvalue weighted by Gasteiger charge is -2.42. The highest BCUT2D eigenvalue weighted by molar-refractivity contribution is 5.89. The molecule has 0 bridgehead atoms. The van der Waals surface area contributed by atoms with Crippen LogP contribution >= 0.6 is 0 Å². The summed E-state index contributed by atoms with van der Waals surface area (Å²) in [6, 6.07) is 0.306. The third-order valence-electron chi connectivity index (χ3n) is 5.85. The number of ether oxygens (including phenoxy) is 1. The zero-order valence-corrected chi connectivity index (χ0v) is 19.3. The number of amides is 2. The van der Waals surface area contributed by atoms with Gasteiger partial charge in [-0.1, -0.05) is 0 Å². The van der Waals surface area contributed by atoms with Crippen LogP contribution in [0.3, 0.4) is 0 Å². The smallest absolute Gasteiger partial charge is 0.383 e. The maximum absolute atomic E-state index is 13.2. The third-order valence-corrected chi connectivity index (χ3v) is 5.85. The minimum Gasteiger partial charge on any atom is -0.383 e. The van der Waals surface area contributed by atoms with Crippen molar-refractivity contribution in [1.82, 2.24) is 14.5 Å². The number of carbonyl (C=O) groups is 1. The molecule has 10 nitrogen and oxygen atoms in total. The average molecular weight is 518 g/mol. The molecule has 0 aliphatic carbocycles. The number of carbonyl (C=O) groups excluding carboxylic acids is 1. The number of nitrogens with zero attached hydrogens (tertiary/aromatic N) is 4. The van der Waals surface area contributed by atoms with Gasteiger partial charge < -0.3 is 30.2 Å². The topological polar surface area (TPSA) is 131 Å². The number of alkyl halides is 5. The number of rotatable bonds is 6. The Labute approximate surface area is 202 Å². The van der Waals surface area contributed by atoms with Crippen LogP contribution in [0.25, 0.3) is 0 Å². The number of nitrogens with two attached hydrogens (primary N) is 2. The number of nitrogens with one attached hydrogen (secondary N) is 1. The number of piperidine rings is 1. The standard InChI is InChI=1S/C21H24F5N7O3/c1-31-9-12(21(24,25)26)6-14(18(31)34)30-20(35)32(2)15-3-4-33(10-16(15)36-19(22)23)13-5-11(7-27)17(28)29-8-13/h5-9,15-16,19,27H,3-4,10H2,1-2H3,(H2,28,29)(H,30,35)/p+1. The van der Waals surface area contributed by atoms with E-state index in [-0.39, 0.29) is 18.8 Å². The van der Waals surface area contributed by atoms with E-state index in [1.165, 1.54) is 19.5 Å². The molecule has 3 rings (SSSR count). The van der Waals surface area contributed by atoms with Crippen LogP contribution in [-0.2, 0) is 18.0 Å². The van der Waals surface area contributed by atoms with Crippen LogP contribution in [0, 0.1) is 0 Å². The summed E-state index contributed by atoms with van der Waals surface area (Å²) in [5.41, 5.74) is 4.10. The van der Waals surface area contributed by atoms with Gasteiger partial charge in [0.25, 0.3) is 5.56 Å². The minimum absolute atomic E-state index is 0.0619. The zero-order valence-electron chi connectivity index (χ0n) is 19.3. The SMILES string of the molecule is CN(C(=O)Nc1cc(C(F)(F)F)cn(C)c1=O)C1CCN(c2cnc(N)c(C=[NH2+])c2)CC1OC(F)F. The summed E-state index contributed by atoms with van der Waals surface area (Å²) in [5, 5.41) is 7.68. The van der Waals surface area contributed by atoms with Crippen LogP contribution in [0.5, 0.6) is 0 Å². The Bertz CT molecular complexity index is 1190. The van der Waals surface area contributed by atoms with Gasteiger partial charge in [-0.05, 0) is 18.6 Å². The van der Waals surface area contributed by atoms with Crippen molar-refractivity contribution in [2.75, 3.05) is 36.1 Å². The predicted molar refractivity (Wildman–Crippen MR) is 121 cm³/mol. The Morgan fingerprint density at radius 3 is 2.69 bits per heavy atom. The van der Waals surface area contributed by atoms with E-state index in [0.29, 0.717) is 34.6 Å². The molecule has 0 aromatic carbocycles. The number of nitrogen functional groups attached to an aromatic ring is 1. The second-order valence-electron chi connectivity index (χ2n) is 8.17. The Hall–Kier alpha value is -3.75. The first-order chi connectivity index (χ1) is 16.8. The van der Waals surface area contributed by atoms with Crippen LogP contribution in [0.2, 0.25) is 0 Å². The molecule has 15 heteroatoms. The summed E-state index contributed by atoms with van der Waals surface area (Å²) >= 11 is 0. The van der Waals surface area contributed by atoms with Gasteiger partial charge in [0.15, 0.2) is 6.21 Å². The maximum Gasteiger partial charge on any atom is 0.417 e. The molecular weight excluding hydrogens is 493 g/mol. The van der Waals surface area contributed by atoms with Gasteiger partial charge in [0.05, 0.1) is 29.1 Å². The van der Waals surface area contributed by atoms with Crippen molar-refractivity contribution < 1.29 is 36.9 Å². The van der Waals surface area contributed by atoms with Crippen molar-refractivity contribution in [3.8, 4) is 0 Å². The van der Waals surface area contributed by atoms with Crippen LogP contribution in [0.4, 0.5) is 43.9 Å². The molecule has 2 aromatic heterocycles. The summed E-state index contributed by atoms with van der Waals surface area (Å²) in [4.78, 5) is 31.9. The Morgan fingerprint density at radius 2 is 2.08 bits per heavy atom. The maximum atomic E-state index is 13.2. The summed E-state index contributed by atoms with van der Waals surface area (Å²) in [6.45, 7) is -2.91. The van der Waals surface area contributed by atoms with Crippen molar-refractivity contribution in [2.45, 2.75) is 31.4 Å². The molecule has 2 amide bonds. The summed E-state index contributed by atoms with van der Waals surface area (Å²) in [7, 11) is 2.39. The fourth-order valence-electron chi connectivity index (χ4n) is 3.95. The quantitative estimate of drug-likeness (QED) is 0.385. The zero-order chi connectivity index (χ0) is 26.8. The molecule has 0 saturated carbocycles. The summed E-state index contributed by atoms with van der Waals surface area (Å²) in [6.07, 6.45) is -2.47. The number of pyridine rings is 2. The number of urea groups is 1. The first-order valence-electron chi connectivity index (χ1n) is 10.6. The number of hydrogen-bond donors (Lipinski definition) is 3. The molecular formula is C21H25F5N7O3+. The van der Waals surface area contributed by atoms with Gasteiger partial charge >= 0.3 is 18.8 Å². The van der Waals surface area contributed by atoms with Gasteiger partial charge in [-0.25, -0.2) is 9.78 Å². The van der Waals surface area contributed by atoms with Gasteiger partial charge in [0, 0.05) is 33.4 Å². The van der Waals surface area contributed by atoms with Gasteiger partial charge in [-0.15, -0.1) is 0 Å². The number of aromatic nitrogens is 2. The van der Waals surface area contributed by atoms with E-state index < -0.39 is 47.8 Å². The molecule has 5 N–H and O–H groups in total. The summed E-state index contributed by atoms with van der Waals surface area (Å²) < 4.78 is 71.3. The van der Waals surface area contributed by atoms with Crippen molar-refractivity contribution in [1.29, 1.82) is 0 Å². The van der Waals surface area contributed by atoms with Gasteiger partial charge in [-0.2, -0.15) is 22.0 Å². The Kier molecular flexibility index (Phi) is 7.81. The van der Waals surface area contributed by atoms with E-state index in [1.807, 2.05) is 0 Å². The summed E-state index contributed by atoms with van der Waals surface area (Å²) in [5.74, 6) is 0.189. The van der Waals surface area contributed by atoms with Crippen molar-refractivity contribution in [2.24, 2.45) is 7.05 Å². The molecule has 1 aliphatic rings. The Balaban J connectivity index is 1.81. The van der Waals surface area contributed by atoms with Gasteiger partial charge in [-0.3, -0.25) is 10.2 Å². The Morgan fingerprint density at radius 1 is 1.39 bits per heavy atom. The second-order valence-corrected chi connectivity index (χ2v) is 8.17. The van der Waals surface area contributed by atoms with Crippen LogP contribution in [0.1, 0.15) is 17.5 Å². The average Bonchev–Trinajstić information content (AvgIpc) is 2.80. The number of hydrogen-bond acceptors (Lipinski definition) is 6. The molecule has 0 radical (unpaired) electrons. The van der Waals surface area contributed by atoms with Crippen LogP contribution in [0.15, 0.2) is 29.3 Å². The largest absolute Gasteiger partial charge is 0.417 e. The number of likely N-dealkylation sites (N-methyl/N-ethyl adjacent to an activating group) is 1. The fourth-order valence-corrected chi connectivity index (χ4v) is 3.95. The van der Waals surface area contributed by atoms with Crippen LogP contribution < -0.4 is 26.9 Å². The van der Waals surface area contributed by atoms with E-state index in [4.69, 9.17) is 15.9 Å². The molecule has 2 atom stereocenters. The first kappa shape index (κ1) is 26.8. The molecule has 36 heavy (non-hydrogen) atoms. The van der Waals surface area contributed by atoms with Crippen LogP contribution in [-0.4, -0.2) is 65.6 Å². The van der Waals surface area contributed by atoms with Crippen molar-refractivity contribution in [3.63, 3.8) is 0 Å².